The molecule has 0 unspecified atom stereocenters. The van der Waals surface area contributed by atoms with Gasteiger partial charge >= 0.3 is 6.18 Å². The zero-order valence-electron chi connectivity index (χ0n) is 10.4. The molecule has 2 N–H and O–H groups in total. The van der Waals surface area contributed by atoms with Crippen LogP contribution in [0.25, 0.3) is 11.3 Å². The van der Waals surface area contributed by atoms with Crippen LogP contribution in [-0.2, 0) is 6.54 Å². The Bertz CT molecular complexity index is 543. The van der Waals surface area contributed by atoms with Gasteiger partial charge in [0.1, 0.15) is 6.04 Å². The van der Waals surface area contributed by atoms with Gasteiger partial charge in [-0.15, -0.1) is 0 Å². The van der Waals surface area contributed by atoms with Crippen LogP contribution >= 0.6 is 0 Å². The second kappa shape index (κ2) is 5.05. The van der Waals surface area contributed by atoms with Crippen molar-refractivity contribution in [2.24, 2.45) is 5.73 Å². The van der Waals surface area contributed by atoms with Gasteiger partial charge in [-0.25, -0.2) is 0 Å². The number of halogens is 3. The average Bonchev–Trinajstić information content (AvgIpc) is 2.86. The molecule has 102 valence electrons. The van der Waals surface area contributed by atoms with Crippen molar-refractivity contribution in [3.8, 4) is 11.3 Å². The van der Waals surface area contributed by atoms with Gasteiger partial charge in [0.15, 0.2) is 0 Å². The fraction of sp³-hybridized carbons (Fsp3) is 0.308. The van der Waals surface area contributed by atoms with E-state index >= 15 is 0 Å². The Morgan fingerprint density at radius 1 is 1.21 bits per heavy atom. The van der Waals surface area contributed by atoms with Gasteiger partial charge in [0, 0.05) is 18.3 Å². The summed E-state index contributed by atoms with van der Waals surface area (Å²) in [6.45, 7) is 1.51. The molecule has 0 bridgehead atoms. The molecule has 0 aliphatic carbocycles. The number of hydrogen-bond donors (Lipinski definition) is 1. The van der Waals surface area contributed by atoms with E-state index in [1.165, 1.54) is 6.20 Å². The molecule has 0 radical (unpaired) electrons. The van der Waals surface area contributed by atoms with Crippen molar-refractivity contribution in [1.82, 2.24) is 9.78 Å². The van der Waals surface area contributed by atoms with Gasteiger partial charge in [-0.05, 0) is 18.6 Å². The lowest BCUT2D eigenvalue weighted by Crippen LogP contribution is -2.24. The maximum Gasteiger partial charge on any atom is 0.410 e. The fourth-order valence-corrected chi connectivity index (χ4v) is 1.67. The second-order valence-corrected chi connectivity index (χ2v) is 4.30. The molecule has 6 heteroatoms. The molecule has 2 aromatic rings. The van der Waals surface area contributed by atoms with E-state index in [4.69, 9.17) is 5.73 Å². The van der Waals surface area contributed by atoms with Crippen LogP contribution in [0.15, 0.2) is 36.5 Å². The highest BCUT2D eigenvalue weighted by atomic mass is 19.4. The van der Waals surface area contributed by atoms with Crippen LogP contribution in [0.5, 0.6) is 0 Å². The number of benzene rings is 1. The first-order valence-corrected chi connectivity index (χ1v) is 5.83. The molecule has 0 spiro atoms. The number of nitrogens with zero attached hydrogens (tertiary/aromatic N) is 2. The van der Waals surface area contributed by atoms with Gasteiger partial charge in [0.2, 0.25) is 0 Å². The molecular weight excluding hydrogens is 255 g/mol. The highest BCUT2D eigenvalue weighted by molar-refractivity contribution is 5.58. The Morgan fingerprint density at radius 3 is 2.37 bits per heavy atom. The molecule has 1 atom stereocenters. The van der Waals surface area contributed by atoms with Gasteiger partial charge in [0.25, 0.3) is 0 Å². The Hall–Kier alpha value is -1.82. The summed E-state index contributed by atoms with van der Waals surface area (Å²) in [4.78, 5) is 0. The van der Waals surface area contributed by atoms with E-state index in [9.17, 15) is 13.2 Å². The summed E-state index contributed by atoms with van der Waals surface area (Å²) in [5.41, 5.74) is 7.73. The van der Waals surface area contributed by atoms with Crippen molar-refractivity contribution in [2.75, 3.05) is 0 Å². The average molecular weight is 269 g/mol. The molecule has 19 heavy (non-hydrogen) atoms. The highest BCUT2D eigenvalue weighted by Crippen LogP contribution is 2.30. The second-order valence-electron chi connectivity index (χ2n) is 4.30. The Kier molecular flexibility index (Phi) is 3.61. The standard InChI is InChI=1S/C13H14F3N3/c1-9(13(14,15)16)19-7-6-12(18-19)11-4-2-10(8-17)3-5-11/h2-7,9H,8,17H2,1H3/t9-/m0/s1. The maximum atomic E-state index is 12.6. The van der Waals surface area contributed by atoms with Crippen LogP contribution in [0, 0.1) is 0 Å². The molecule has 1 aromatic heterocycles. The predicted octanol–water partition coefficient (Wildman–Crippen LogP) is 3.13. The summed E-state index contributed by atoms with van der Waals surface area (Å²) in [5, 5.41) is 3.97. The molecule has 0 saturated heterocycles. The van der Waals surface area contributed by atoms with Crippen LogP contribution < -0.4 is 5.73 Å². The van der Waals surface area contributed by atoms with Gasteiger partial charge in [-0.1, -0.05) is 24.3 Å². The molecule has 0 aliphatic rings. The maximum absolute atomic E-state index is 12.6. The summed E-state index contributed by atoms with van der Waals surface area (Å²) >= 11 is 0. The van der Waals surface area contributed by atoms with Gasteiger partial charge in [-0.2, -0.15) is 18.3 Å². The smallest absolute Gasteiger partial charge is 0.326 e. The third-order valence-electron chi connectivity index (χ3n) is 2.96. The Morgan fingerprint density at radius 2 is 1.84 bits per heavy atom. The fourth-order valence-electron chi connectivity index (χ4n) is 1.67. The molecule has 0 fully saturated rings. The summed E-state index contributed by atoms with van der Waals surface area (Å²) < 4.78 is 38.6. The summed E-state index contributed by atoms with van der Waals surface area (Å²) in [6.07, 6.45) is -2.96. The lowest BCUT2D eigenvalue weighted by atomic mass is 10.1. The predicted molar refractivity (Wildman–Crippen MR) is 66.3 cm³/mol. The Labute approximate surface area is 108 Å². The third-order valence-corrected chi connectivity index (χ3v) is 2.96. The topological polar surface area (TPSA) is 43.8 Å². The monoisotopic (exact) mass is 269 g/mol. The molecule has 3 nitrogen and oxygen atoms in total. The van der Waals surface area contributed by atoms with Crippen LogP contribution in [0.3, 0.4) is 0 Å². The largest absolute Gasteiger partial charge is 0.410 e. The zero-order valence-corrected chi connectivity index (χ0v) is 10.4. The first kappa shape index (κ1) is 13.6. The molecule has 0 amide bonds. The van der Waals surface area contributed by atoms with Gasteiger partial charge in [-0.3, -0.25) is 4.68 Å². The minimum atomic E-state index is -4.30. The summed E-state index contributed by atoms with van der Waals surface area (Å²) in [5.74, 6) is 0. The molecular formula is C13H14F3N3. The van der Waals surface area contributed by atoms with Crippen molar-refractivity contribution < 1.29 is 13.2 Å². The van der Waals surface area contributed by atoms with E-state index in [0.717, 1.165) is 22.7 Å². The van der Waals surface area contributed by atoms with Crippen molar-refractivity contribution in [1.29, 1.82) is 0 Å². The molecule has 0 aliphatic heterocycles. The number of alkyl halides is 3. The lowest BCUT2D eigenvalue weighted by molar-refractivity contribution is -0.165. The van der Waals surface area contributed by atoms with E-state index in [1.54, 1.807) is 18.2 Å². The van der Waals surface area contributed by atoms with E-state index in [2.05, 4.69) is 5.10 Å². The van der Waals surface area contributed by atoms with Gasteiger partial charge in [0.05, 0.1) is 5.69 Å². The lowest BCUT2D eigenvalue weighted by Gasteiger charge is -2.15. The first-order chi connectivity index (χ1) is 8.91. The zero-order chi connectivity index (χ0) is 14.0. The number of aromatic nitrogens is 2. The first-order valence-electron chi connectivity index (χ1n) is 5.83. The summed E-state index contributed by atoms with van der Waals surface area (Å²) in [6, 6.07) is 7.20. The molecule has 1 heterocycles. The SMILES string of the molecule is C[C@H](n1ccc(-c2ccc(CN)cc2)n1)C(F)(F)F. The molecule has 0 saturated carbocycles. The summed E-state index contributed by atoms with van der Waals surface area (Å²) in [7, 11) is 0. The van der Waals surface area contributed by atoms with Gasteiger partial charge < -0.3 is 5.73 Å². The van der Waals surface area contributed by atoms with E-state index in [0.29, 0.717) is 12.2 Å². The number of rotatable bonds is 3. The van der Waals surface area contributed by atoms with Crippen molar-refractivity contribution in [3.63, 3.8) is 0 Å². The minimum absolute atomic E-state index is 0.430. The van der Waals surface area contributed by atoms with Crippen molar-refractivity contribution in [2.45, 2.75) is 25.7 Å². The normalized spacial score (nSPS) is 13.5. The minimum Gasteiger partial charge on any atom is -0.326 e. The van der Waals surface area contributed by atoms with E-state index in [-0.39, 0.29) is 0 Å². The number of hydrogen-bond acceptors (Lipinski definition) is 2. The van der Waals surface area contributed by atoms with Crippen molar-refractivity contribution >= 4 is 0 Å². The molecule has 2 rings (SSSR count). The van der Waals surface area contributed by atoms with E-state index in [1.807, 2.05) is 12.1 Å². The van der Waals surface area contributed by atoms with Crippen LogP contribution in [-0.4, -0.2) is 16.0 Å². The van der Waals surface area contributed by atoms with Crippen LogP contribution in [0.2, 0.25) is 0 Å². The third kappa shape index (κ3) is 2.96. The quantitative estimate of drug-likeness (QED) is 0.930. The van der Waals surface area contributed by atoms with Crippen LogP contribution in [0.1, 0.15) is 18.5 Å². The highest BCUT2D eigenvalue weighted by Gasteiger charge is 2.37. The Balaban J connectivity index is 2.25. The van der Waals surface area contributed by atoms with E-state index < -0.39 is 12.2 Å². The van der Waals surface area contributed by atoms with Crippen molar-refractivity contribution in [3.05, 3.63) is 42.1 Å². The molecule has 1 aromatic carbocycles. The van der Waals surface area contributed by atoms with Crippen LogP contribution in [0.4, 0.5) is 13.2 Å². The number of nitrogens with two attached hydrogens (primary N) is 1.